The van der Waals surface area contributed by atoms with Gasteiger partial charge in [-0.1, -0.05) is 0 Å². The molecule has 12 heteroatoms. The molecule has 0 aliphatic rings. The number of nitrogens with zero attached hydrogens (tertiary/aromatic N) is 2. The van der Waals surface area contributed by atoms with E-state index in [1.807, 2.05) is 13.8 Å². The molecule has 40 heavy (non-hydrogen) atoms. The number of pyridine rings is 2. The van der Waals surface area contributed by atoms with Crippen molar-refractivity contribution in [2.24, 2.45) is 0 Å². The first-order chi connectivity index (χ1) is 19.1. The minimum absolute atomic E-state index is 0.0678. The van der Waals surface area contributed by atoms with Gasteiger partial charge in [-0.2, -0.15) is 0 Å². The van der Waals surface area contributed by atoms with Crippen molar-refractivity contribution in [3.8, 4) is 0 Å². The Morgan fingerprint density at radius 3 is 1.40 bits per heavy atom. The van der Waals surface area contributed by atoms with Crippen molar-refractivity contribution in [3.05, 3.63) is 79.9 Å². The van der Waals surface area contributed by atoms with Crippen LogP contribution >= 0.6 is 0 Å². The van der Waals surface area contributed by atoms with Gasteiger partial charge in [0.2, 0.25) is 0 Å². The second kappa shape index (κ2) is 12.5. The summed E-state index contributed by atoms with van der Waals surface area (Å²) in [5.74, 6) is -2.75. The van der Waals surface area contributed by atoms with E-state index < -0.39 is 60.7 Å². The van der Waals surface area contributed by atoms with Gasteiger partial charge in [-0.25, -0.2) is 0 Å². The third-order valence-electron chi connectivity index (χ3n) is 6.16. The van der Waals surface area contributed by atoms with Crippen LogP contribution in [0.2, 0.25) is 0 Å². The molecule has 2 aromatic heterocycles. The van der Waals surface area contributed by atoms with Crippen LogP contribution in [0.25, 0.3) is 21.8 Å². The van der Waals surface area contributed by atoms with Crippen LogP contribution in [-0.4, -0.2) is 60.5 Å². The number of fused-ring (bicyclic) bond motifs is 2. The predicted octanol–water partition coefficient (Wildman–Crippen LogP) is 2.26. The average molecular weight is 682 g/mol. The van der Waals surface area contributed by atoms with E-state index in [0.29, 0.717) is 33.0 Å². The van der Waals surface area contributed by atoms with Crippen LogP contribution in [0.4, 0.5) is 8.78 Å². The maximum atomic E-state index is 15.2. The molecule has 0 saturated heterocycles. The van der Waals surface area contributed by atoms with Crippen LogP contribution in [0.1, 0.15) is 48.4 Å². The third kappa shape index (κ3) is 5.62. The molecule has 0 aliphatic carbocycles. The van der Waals surface area contributed by atoms with E-state index in [9.17, 15) is 19.2 Å². The van der Waals surface area contributed by atoms with Gasteiger partial charge in [0.05, 0.1) is 0 Å². The van der Waals surface area contributed by atoms with E-state index in [4.69, 9.17) is 9.47 Å². The van der Waals surface area contributed by atoms with Crippen molar-refractivity contribution in [2.45, 2.75) is 40.8 Å². The zero-order valence-corrected chi connectivity index (χ0v) is 25.6. The normalized spacial score (nSPS) is 11.2. The Labute approximate surface area is 239 Å². The standard InChI is InChI=1S/C28H26F2N2O6Se2/c1-5-31-13-17(27(35)37-7-3)25(33)15-9-19(29)23(11-21(15)31)39-40-24-12-22-16(10-20(24)30)26(34)18(14-32(22)6-2)28(36)38-8-4/h9-14H,5-8H2,1-4H3. The van der Waals surface area contributed by atoms with Crippen LogP contribution in [0.5, 0.6) is 0 Å². The minimum atomic E-state index is -0.764. The molecule has 4 rings (SSSR count). The first-order valence-corrected chi connectivity index (χ1v) is 18.6. The van der Waals surface area contributed by atoms with Crippen LogP contribution in [0, 0.1) is 11.6 Å². The number of carbonyl (C=O) groups excluding carboxylic acids is 2. The maximum absolute atomic E-state index is 15.2. The molecule has 2 heterocycles. The van der Waals surface area contributed by atoms with Crippen molar-refractivity contribution in [3.63, 3.8) is 0 Å². The third-order valence-corrected chi connectivity index (χ3v) is 13.2. The van der Waals surface area contributed by atoms with Crippen molar-refractivity contribution < 1.29 is 27.8 Å². The fourth-order valence-electron chi connectivity index (χ4n) is 4.23. The Morgan fingerprint density at radius 2 is 1.07 bits per heavy atom. The molecule has 0 aliphatic heterocycles. The van der Waals surface area contributed by atoms with Gasteiger partial charge in [0.15, 0.2) is 0 Å². The fourth-order valence-corrected chi connectivity index (χ4v) is 10.6. The summed E-state index contributed by atoms with van der Waals surface area (Å²) in [6.45, 7) is 7.99. The second-order valence-corrected chi connectivity index (χ2v) is 14.7. The number of ether oxygens (including phenoxy) is 2. The van der Waals surface area contributed by atoms with Gasteiger partial charge >= 0.3 is 240 Å². The number of aromatic nitrogens is 2. The van der Waals surface area contributed by atoms with Crippen molar-refractivity contribution in [1.82, 2.24) is 9.13 Å². The first-order valence-electron chi connectivity index (χ1n) is 12.6. The summed E-state index contributed by atoms with van der Waals surface area (Å²) in [4.78, 5) is 50.4. The predicted molar refractivity (Wildman–Crippen MR) is 150 cm³/mol. The molecule has 4 aromatic rings. The quantitative estimate of drug-likeness (QED) is 0.199. The molecule has 0 saturated carbocycles. The molecule has 210 valence electrons. The van der Waals surface area contributed by atoms with E-state index in [2.05, 4.69) is 0 Å². The molecule has 0 spiro atoms. The average Bonchev–Trinajstić information content (AvgIpc) is 2.93. The number of aryl methyl sites for hydroxylation is 2. The van der Waals surface area contributed by atoms with Crippen LogP contribution < -0.4 is 19.8 Å². The number of hydrogen-bond acceptors (Lipinski definition) is 6. The molecule has 8 nitrogen and oxygen atoms in total. The van der Waals surface area contributed by atoms with Gasteiger partial charge in [-0.15, -0.1) is 0 Å². The number of esters is 2. The van der Waals surface area contributed by atoms with Gasteiger partial charge in [0, 0.05) is 0 Å². The number of halogens is 2. The van der Waals surface area contributed by atoms with E-state index in [1.165, 1.54) is 12.4 Å². The summed E-state index contributed by atoms with van der Waals surface area (Å²) in [6, 6.07) is 5.42. The Kier molecular flexibility index (Phi) is 9.25. The summed E-state index contributed by atoms with van der Waals surface area (Å²) < 4.78 is 44.4. The second-order valence-electron chi connectivity index (χ2n) is 8.52. The zero-order chi connectivity index (χ0) is 29.1. The number of rotatable bonds is 9. The molecule has 0 N–H and O–H groups in total. The Morgan fingerprint density at radius 1 is 0.700 bits per heavy atom. The summed E-state index contributed by atoms with van der Waals surface area (Å²) in [5.41, 5.74) is -0.600. The van der Waals surface area contributed by atoms with E-state index in [-0.39, 0.29) is 35.1 Å². The number of benzene rings is 2. The number of hydrogen-bond donors (Lipinski definition) is 0. The molecule has 0 bridgehead atoms. The number of carbonyl (C=O) groups is 2. The fraction of sp³-hybridized carbons (Fsp3) is 0.286. The monoisotopic (exact) mass is 684 g/mol. The molecular formula is C28H26F2N2O6Se2. The van der Waals surface area contributed by atoms with Crippen molar-refractivity contribution in [2.75, 3.05) is 13.2 Å². The Bertz CT molecular complexity index is 1640. The van der Waals surface area contributed by atoms with Crippen LogP contribution in [0.3, 0.4) is 0 Å². The molecule has 0 fully saturated rings. The van der Waals surface area contributed by atoms with Gasteiger partial charge < -0.3 is 0 Å². The van der Waals surface area contributed by atoms with Crippen LogP contribution in [0.15, 0.2) is 46.2 Å². The van der Waals surface area contributed by atoms with Crippen molar-refractivity contribution >= 4 is 68.9 Å². The molecular weight excluding hydrogens is 656 g/mol. The molecule has 2 aromatic carbocycles. The summed E-state index contributed by atoms with van der Waals surface area (Å²) in [5, 5.41) is 0.136. The summed E-state index contributed by atoms with van der Waals surface area (Å²) in [7, 11) is 0. The van der Waals surface area contributed by atoms with Crippen LogP contribution in [-0.2, 0) is 22.6 Å². The van der Waals surface area contributed by atoms with Gasteiger partial charge in [-0.05, 0) is 0 Å². The topological polar surface area (TPSA) is 96.6 Å². The Balaban J connectivity index is 1.74. The van der Waals surface area contributed by atoms with E-state index >= 15 is 8.78 Å². The molecule has 0 amide bonds. The van der Waals surface area contributed by atoms with Gasteiger partial charge in [0.1, 0.15) is 0 Å². The zero-order valence-electron chi connectivity index (χ0n) is 22.2. The molecule has 0 unspecified atom stereocenters. The first kappa shape index (κ1) is 29.7. The SMILES string of the molecule is CCOC(=O)c1cn(CC)c2cc([Se][Se]c3cc4c(cc3F)c(=O)c(C(=O)OCC)cn4CC)c(F)cc2c1=O. The van der Waals surface area contributed by atoms with Crippen molar-refractivity contribution in [1.29, 1.82) is 0 Å². The van der Waals surface area contributed by atoms with E-state index in [1.54, 1.807) is 35.1 Å². The molecule has 0 atom stereocenters. The summed E-state index contributed by atoms with van der Waals surface area (Å²) in [6.07, 6.45) is 2.83. The summed E-state index contributed by atoms with van der Waals surface area (Å²) >= 11 is -1.03. The molecule has 0 radical (unpaired) electrons. The van der Waals surface area contributed by atoms with E-state index in [0.717, 1.165) is 12.1 Å². The Hall–Kier alpha value is -3.30. The van der Waals surface area contributed by atoms with Gasteiger partial charge in [-0.3, -0.25) is 0 Å². The van der Waals surface area contributed by atoms with Gasteiger partial charge in [0.25, 0.3) is 0 Å².